The van der Waals surface area contributed by atoms with Crippen LogP contribution in [0.2, 0.25) is 0 Å². The van der Waals surface area contributed by atoms with Gasteiger partial charge in [-0.15, -0.1) is 10.2 Å². The molecule has 0 atom stereocenters. The molecule has 7 rings (SSSR count). The van der Waals surface area contributed by atoms with Crippen LogP contribution in [0.1, 0.15) is 37.5 Å². The van der Waals surface area contributed by atoms with Crippen LogP contribution in [0.15, 0.2) is 126 Å². The molecule has 0 spiro atoms. The molecule has 0 radical (unpaired) electrons. The highest BCUT2D eigenvalue weighted by Crippen LogP contribution is 2.32. The summed E-state index contributed by atoms with van der Waals surface area (Å²) in [6.07, 6.45) is 4.26. The van der Waals surface area contributed by atoms with Gasteiger partial charge in [-0.3, -0.25) is 0 Å². The Morgan fingerprint density at radius 2 is 1.00 bits per heavy atom. The molecule has 0 N–H and O–H groups in total. The first-order chi connectivity index (χ1) is 20.4. The molecule has 42 heavy (non-hydrogen) atoms. The second-order valence-electron chi connectivity index (χ2n) is 11.7. The van der Waals surface area contributed by atoms with Gasteiger partial charge in [0.25, 0.3) is 0 Å². The third-order valence-corrected chi connectivity index (χ3v) is 7.78. The van der Waals surface area contributed by atoms with Crippen molar-refractivity contribution in [1.82, 2.24) is 14.8 Å². The molecule has 7 aromatic rings. The minimum Gasteiger partial charge on any atom is -0.416 e. The van der Waals surface area contributed by atoms with Crippen molar-refractivity contribution < 1.29 is 4.42 Å². The van der Waals surface area contributed by atoms with Crippen LogP contribution >= 0.6 is 0 Å². The summed E-state index contributed by atoms with van der Waals surface area (Å²) in [6.45, 7) is 6.61. The fraction of sp³-hybridized carbons (Fsp3) is 0.105. The van der Waals surface area contributed by atoms with Crippen LogP contribution in [0.4, 0.5) is 0 Å². The standard InChI is InChI=1S/C38H31N3O/c1-38(2,3)30-22-20-29(21-23-30)37-40-39-36(42-37)28-18-14-26(15-19-28)12-13-27-16-24-31(25-17-27)41-34-10-6-4-8-32(34)33-9-5-7-11-35(33)41/h4-25H,1-3H3/b13-12+. The predicted molar refractivity (Wildman–Crippen MR) is 174 cm³/mol. The van der Waals surface area contributed by atoms with Gasteiger partial charge in [0.1, 0.15) is 0 Å². The van der Waals surface area contributed by atoms with E-state index in [4.69, 9.17) is 4.42 Å². The number of nitrogens with zero attached hydrogens (tertiary/aromatic N) is 3. The third-order valence-electron chi connectivity index (χ3n) is 7.78. The topological polar surface area (TPSA) is 43.9 Å². The lowest BCUT2D eigenvalue weighted by Gasteiger charge is -2.18. The highest BCUT2D eigenvalue weighted by molar-refractivity contribution is 6.09. The van der Waals surface area contributed by atoms with Crippen LogP contribution in [-0.2, 0) is 5.41 Å². The highest BCUT2D eigenvalue weighted by atomic mass is 16.4. The van der Waals surface area contributed by atoms with Gasteiger partial charge in [-0.2, -0.15) is 0 Å². The number of para-hydroxylation sites is 2. The van der Waals surface area contributed by atoms with E-state index in [1.54, 1.807) is 0 Å². The normalized spacial score (nSPS) is 12.1. The lowest BCUT2D eigenvalue weighted by molar-refractivity contribution is 0.582. The van der Waals surface area contributed by atoms with E-state index in [1.807, 2.05) is 24.3 Å². The Balaban J connectivity index is 1.08. The number of hydrogen-bond donors (Lipinski definition) is 0. The zero-order chi connectivity index (χ0) is 28.7. The molecule has 0 aliphatic rings. The summed E-state index contributed by atoms with van der Waals surface area (Å²) in [5.41, 5.74) is 9.02. The van der Waals surface area contributed by atoms with Crippen LogP contribution in [0, 0.1) is 0 Å². The molecule has 0 saturated carbocycles. The lowest BCUT2D eigenvalue weighted by atomic mass is 9.87. The number of fused-ring (bicyclic) bond motifs is 3. The molecule has 0 saturated heterocycles. The Morgan fingerprint density at radius 1 is 0.548 bits per heavy atom. The van der Waals surface area contributed by atoms with Gasteiger partial charge in [0.15, 0.2) is 0 Å². The molecule has 4 heteroatoms. The molecule has 0 unspecified atom stereocenters. The van der Waals surface area contributed by atoms with Gasteiger partial charge in [0.2, 0.25) is 11.8 Å². The molecule has 0 aliphatic heterocycles. The largest absolute Gasteiger partial charge is 0.416 e. The van der Waals surface area contributed by atoms with Crippen molar-refractivity contribution in [2.75, 3.05) is 0 Å². The molecule has 2 aromatic heterocycles. The molecule has 0 bridgehead atoms. The monoisotopic (exact) mass is 545 g/mol. The van der Waals surface area contributed by atoms with Crippen LogP contribution in [-0.4, -0.2) is 14.8 Å². The van der Waals surface area contributed by atoms with Crippen molar-refractivity contribution >= 4 is 34.0 Å². The minimum atomic E-state index is 0.103. The Kier molecular flexibility index (Phi) is 6.32. The number of benzene rings is 5. The quantitative estimate of drug-likeness (QED) is 0.202. The van der Waals surface area contributed by atoms with Gasteiger partial charge >= 0.3 is 0 Å². The van der Waals surface area contributed by atoms with Crippen molar-refractivity contribution in [3.8, 4) is 28.6 Å². The first kappa shape index (κ1) is 25.7. The highest BCUT2D eigenvalue weighted by Gasteiger charge is 2.15. The summed E-state index contributed by atoms with van der Waals surface area (Å²) < 4.78 is 8.34. The van der Waals surface area contributed by atoms with E-state index in [0.29, 0.717) is 11.8 Å². The first-order valence-electron chi connectivity index (χ1n) is 14.3. The van der Waals surface area contributed by atoms with Crippen molar-refractivity contribution in [2.45, 2.75) is 26.2 Å². The zero-order valence-corrected chi connectivity index (χ0v) is 24.0. The Labute approximate surface area is 245 Å². The van der Waals surface area contributed by atoms with Gasteiger partial charge in [-0.25, -0.2) is 0 Å². The van der Waals surface area contributed by atoms with Gasteiger partial charge in [-0.05, 0) is 70.6 Å². The molecular formula is C38H31N3O. The van der Waals surface area contributed by atoms with Crippen molar-refractivity contribution in [3.05, 3.63) is 138 Å². The second-order valence-corrected chi connectivity index (χ2v) is 11.7. The van der Waals surface area contributed by atoms with Crippen LogP contribution in [0.5, 0.6) is 0 Å². The lowest BCUT2D eigenvalue weighted by Crippen LogP contribution is -2.10. The molecule has 4 nitrogen and oxygen atoms in total. The Bertz CT molecular complexity index is 1980. The smallest absolute Gasteiger partial charge is 0.248 e. The maximum absolute atomic E-state index is 6.00. The van der Waals surface area contributed by atoms with Gasteiger partial charge in [0.05, 0.1) is 11.0 Å². The van der Waals surface area contributed by atoms with E-state index in [0.717, 1.165) is 27.9 Å². The van der Waals surface area contributed by atoms with Crippen molar-refractivity contribution in [1.29, 1.82) is 0 Å². The Morgan fingerprint density at radius 3 is 1.50 bits per heavy atom. The summed E-state index contributed by atoms with van der Waals surface area (Å²) in [6, 6.07) is 42.4. The fourth-order valence-electron chi connectivity index (χ4n) is 5.43. The van der Waals surface area contributed by atoms with Gasteiger partial charge in [0, 0.05) is 27.6 Å². The van der Waals surface area contributed by atoms with Crippen LogP contribution < -0.4 is 0 Å². The minimum absolute atomic E-state index is 0.103. The van der Waals surface area contributed by atoms with Gasteiger partial charge in [-0.1, -0.05) is 106 Å². The van der Waals surface area contributed by atoms with Crippen molar-refractivity contribution in [2.24, 2.45) is 0 Å². The maximum atomic E-state index is 6.00. The molecule has 204 valence electrons. The molecular weight excluding hydrogens is 514 g/mol. The van der Waals surface area contributed by atoms with E-state index in [1.165, 1.54) is 27.4 Å². The van der Waals surface area contributed by atoms with Gasteiger partial charge < -0.3 is 8.98 Å². The molecule has 0 aliphatic carbocycles. The van der Waals surface area contributed by atoms with E-state index in [9.17, 15) is 0 Å². The van der Waals surface area contributed by atoms with E-state index >= 15 is 0 Å². The molecule has 5 aromatic carbocycles. The van der Waals surface area contributed by atoms with E-state index in [-0.39, 0.29) is 5.41 Å². The first-order valence-corrected chi connectivity index (χ1v) is 14.3. The maximum Gasteiger partial charge on any atom is 0.248 e. The average Bonchev–Trinajstić information content (AvgIpc) is 3.64. The second kappa shape index (κ2) is 10.3. The van der Waals surface area contributed by atoms with E-state index in [2.05, 4.69) is 145 Å². The fourth-order valence-corrected chi connectivity index (χ4v) is 5.43. The summed E-state index contributed by atoms with van der Waals surface area (Å²) in [7, 11) is 0. The van der Waals surface area contributed by atoms with E-state index < -0.39 is 0 Å². The molecule has 0 fully saturated rings. The van der Waals surface area contributed by atoms with Crippen LogP contribution in [0.3, 0.4) is 0 Å². The zero-order valence-electron chi connectivity index (χ0n) is 24.0. The number of aromatic nitrogens is 3. The molecule has 0 amide bonds. The van der Waals surface area contributed by atoms with Crippen molar-refractivity contribution in [3.63, 3.8) is 0 Å². The Hall–Kier alpha value is -5.22. The summed E-state index contributed by atoms with van der Waals surface area (Å²) in [5.74, 6) is 1.04. The average molecular weight is 546 g/mol. The SMILES string of the molecule is CC(C)(C)c1ccc(-c2nnc(-c3ccc(/C=C/c4ccc(-n5c6ccccc6c6ccccc65)cc4)cc3)o2)cc1. The molecule has 2 heterocycles. The summed E-state index contributed by atoms with van der Waals surface area (Å²) in [4.78, 5) is 0. The predicted octanol–water partition coefficient (Wildman–Crippen LogP) is 9.97. The summed E-state index contributed by atoms with van der Waals surface area (Å²) >= 11 is 0. The van der Waals surface area contributed by atoms with Crippen LogP contribution in [0.25, 0.3) is 62.6 Å². The number of rotatable bonds is 5. The third kappa shape index (κ3) is 4.82. The summed E-state index contributed by atoms with van der Waals surface area (Å²) in [5, 5.41) is 11.1. The number of hydrogen-bond acceptors (Lipinski definition) is 3.